The molecule has 2 aliphatic rings. The first kappa shape index (κ1) is 12.0. The molecule has 1 saturated carbocycles. The van der Waals surface area contributed by atoms with E-state index in [1.54, 1.807) is 6.33 Å². The van der Waals surface area contributed by atoms with Crippen molar-refractivity contribution >= 4 is 11.2 Å². The third-order valence-corrected chi connectivity index (χ3v) is 4.04. The number of nitrogens with zero attached hydrogens (tertiary/aromatic N) is 3. The van der Waals surface area contributed by atoms with E-state index in [-0.39, 0.29) is 17.7 Å². The molecule has 0 aromatic carbocycles. The van der Waals surface area contributed by atoms with Crippen LogP contribution in [0.1, 0.15) is 26.3 Å². The third kappa shape index (κ3) is 1.77. The Labute approximate surface area is 114 Å². The van der Waals surface area contributed by atoms with Crippen LogP contribution >= 0.6 is 0 Å². The number of aromatic amines is 1. The van der Waals surface area contributed by atoms with Crippen LogP contribution < -0.4 is 5.56 Å². The van der Waals surface area contributed by atoms with Crippen molar-refractivity contribution in [2.45, 2.75) is 38.2 Å². The normalized spacial score (nSPS) is 31.8. The molecule has 7 nitrogen and oxygen atoms in total. The lowest BCUT2D eigenvalue weighted by molar-refractivity contribution is -0.140. The monoisotopic (exact) mass is 276 g/mol. The number of nitrogens with one attached hydrogen (secondary N) is 1. The van der Waals surface area contributed by atoms with Crippen molar-refractivity contribution in [3.63, 3.8) is 0 Å². The fraction of sp³-hybridized carbons (Fsp3) is 0.615. The maximum atomic E-state index is 11.6. The van der Waals surface area contributed by atoms with Gasteiger partial charge >= 0.3 is 0 Å². The van der Waals surface area contributed by atoms with E-state index in [0.29, 0.717) is 23.7 Å². The van der Waals surface area contributed by atoms with Gasteiger partial charge in [-0.15, -0.1) is 0 Å². The summed E-state index contributed by atoms with van der Waals surface area (Å²) in [5.41, 5.74) is 0.828. The molecule has 0 unspecified atom stereocenters. The molecule has 1 aliphatic heterocycles. The zero-order chi connectivity index (χ0) is 13.9. The molecule has 1 aliphatic carbocycles. The van der Waals surface area contributed by atoms with E-state index in [9.17, 15) is 4.79 Å². The Kier molecular flexibility index (Phi) is 2.34. The first-order valence-corrected chi connectivity index (χ1v) is 6.77. The molecule has 1 N–H and O–H groups in total. The molecule has 1 saturated heterocycles. The zero-order valence-corrected chi connectivity index (χ0v) is 11.4. The number of aromatic nitrogens is 4. The molecule has 20 heavy (non-hydrogen) atoms. The fourth-order valence-electron chi connectivity index (χ4n) is 2.95. The third-order valence-electron chi connectivity index (χ3n) is 4.04. The molecule has 0 spiro atoms. The number of H-pyrrole nitrogens is 1. The Balaban J connectivity index is 1.61. The summed E-state index contributed by atoms with van der Waals surface area (Å²) in [5, 5.41) is 0. The number of imidazole rings is 1. The average Bonchev–Trinajstić information content (AvgIpc) is 2.92. The Hall–Kier alpha value is -1.73. The van der Waals surface area contributed by atoms with E-state index in [2.05, 4.69) is 15.0 Å². The van der Waals surface area contributed by atoms with Crippen molar-refractivity contribution in [2.24, 2.45) is 5.92 Å². The van der Waals surface area contributed by atoms with Crippen LogP contribution in [0.25, 0.3) is 11.2 Å². The largest absolute Gasteiger partial charge is 0.348 e. The molecule has 7 heteroatoms. The summed E-state index contributed by atoms with van der Waals surface area (Å²) in [6.45, 7) is 4.48. The summed E-state index contributed by atoms with van der Waals surface area (Å²) < 4.78 is 13.5. The quantitative estimate of drug-likeness (QED) is 0.878. The van der Waals surface area contributed by atoms with Gasteiger partial charge in [0.15, 0.2) is 17.0 Å². The van der Waals surface area contributed by atoms with Gasteiger partial charge in [-0.05, 0) is 20.3 Å². The highest BCUT2D eigenvalue weighted by molar-refractivity contribution is 5.69. The Bertz CT molecular complexity index is 720. The highest BCUT2D eigenvalue weighted by Gasteiger charge is 2.50. The molecule has 3 heterocycles. The van der Waals surface area contributed by atoms with Crippen molar-refractivity contribution in [1.29, 1.82) is 0 Å². The smallest absolute Gasteiger partial charge is 0.278 e. The van der Waals surface area contributed by atoms with Crippen LogP contribution in [0.3, 0.4) is 0 Å². The number of ether oxygens (including phenoxy) is 2. The molecule has 4 rings (SSSR count). The highest BCUT2D eigenvalue weighted by atomic mass is 16.7. The molecule has 0 bridgehead atoms. The van der Waals surface area contributed by atoms with E-state index in [1.807, 2.05) is 18.4 Å². The van der Waals surface area contributed by atoms with Crippen molar-refractivity contribution in [3.8, 4) is 0 Å². The Morgan fingerprint density at radius 3 is 3.05 bits per heavy atom. The molecule has 2 aromatic heterocycles. The molecule has 2 fully saturated rings. The summed E-state index contributed by atoms with van der Waals surface area (Å²) in [5.74, 6) is -0.0974. The van der Waals surface area contributed by atoms with Gasteiger partial charge in [-0.25, -0.2) is 9.97 Å². The van der Waals surface area contributed by atoms with Gasteiger partial charge in [-0.2, -0.15) is 0 Å². The minimum atomic E-state index is -0.496. The van der Waals surface area contributed by atoms with Crippen LogP contribution in [0, 0.1) is 5.92 Å². The summed E-state index contributed by atoms with van der Waals surface area (Å²) in [7, 11) is 0. The van der Waals surface area contributed by atoms with E-state index < -0.39 is 5.79 Å². The number of hydrogen-bond donors (Lipinski definition) is 1. The van der Waals surface area contributed by atoms with Crippen LogP contribution in [-0.4, -0.2) is 38.0 Å². The van der Waals surface area contributed by atoms with Crippen molar-refractivity contribution in [3.05, 3.63) is 23.0 Å². The van der Waals surface area contributed by atoms with Crippen molar-refractivity contribution in [2.75, 3.05) is 6.61 Å². The standard InChI is InChI=1S/C13H16N4O3/c1-13(2)19-4-9(20-13)7-3-8(7)17-6-16-10-11(17)14-5-15-12(10)18/h5-9H,3-4H2,1-2H3,(H,14,15,18)/t7-,8+,9-/m0/s1. The van der Waals surface area contributed by atoms with Crippen LogP contribution in [0.5, 0.6) is 0 Å². The lowest BCUT2D eigenvalue weighted by Gasteiger charge is -2.17. The van der Waals surface area contributed by atoms with Gasteiger partial charge in [-0.3, -0.25) is 4.79 Å². The lowest BCUT2D eigenvalue weighted by atomic mass is 10.2. The van der Waals surface area contributed by atoms with Gasteiger partial charge in [0.2, 0.25) is 0 Å². The van der Waals surface area contributed by atoms with E-state index in [4.69, 9.17) is 9.47 Å². The fourth-order valence-corrected chi connectivity index (χ4v) is 2.95. The number of rotatable bonds is 2. The molecule has 0 amide bonds. The first-order chi connectivity index (χ1) is 9.55. The van der Waals surface area contributed by atoms with Crippen molar-refractivity contribution < 1.29 is 9.47 Å². The van der Waals surface area contributed by atoms with E-state index in [1.165, 1.54) is 6.33 Å². The summed E-state index contributed by atoms with van der Waals surface area (Å²) in [4.78, 5) is 22.6. The molecule has 3 atom stereocenters. The lowest BCUT2D eigenvalue weighted by Crippen LogP contribution is -2.22. The van der Waals surface area contributed by atoms with Gasteiger partial charge in [0.1, 0.15) is 0 Å². The minimum Gasteiger partial charge on any atom is -0.348 e. The second kappa shape index (κ2) is 3.89. The number of hydrogen-bond acceptors (Lipinski definition) is 5. The van der Waals surface area contributed by atoms with Crippen molar-refractivity contribution in [1.82, 2.24) is 19.5 Å². The zero-order valence-electron chi connectivity index (χ0n) is 11.4. The summed E-state index contributed by atoms with van der Waals surface area (Å²) >= 11 is 0. The second-order valence-corrected chi connectivity index (χ2v) is 5.89. The van der Waals surface area contributed by atoms with E-state index >= 15 is 0 Å². The van der Waals surface area contributed by atoms with Crippen LogP contribution in [0.2, 0.25) is 0 Å². The summed E-state index contributed by atoms with van der Waals surface area (Å²) in [6.07, 6.45) is 4.22. The number of fused-ring (bicyclic) bond motifs is 1. The SMILES string of the molecule is CC1(C)OC[C@@H]([C@H]2C[C@H]2n2cnc3c(=O)[nH]cnc32)O1. The maximum absolute atomic E-state index is 11.6. The van der Waals surface area contributed by atoms with Gasteiger partial charge in [0.25, 0.3) is 5.56 Å². The van der Waals surface area contributed by atoms with Gasteiger partial charge in [-0.1, -0.05) is 0 Å². The predicted molar refractivity (Wildman–Crippen MR) is 70.2 cm³/mol. The molecule has 2 aromatic rings. The molecule has 0 radical (unpaired) electrons. The van der Waals surface area contributed by atoms with Crippen LogP contribution in [0.4, 0.5) is 0 Å². The highest BCUT2D eigenvalue weighted by Crippen LogP contribution is 2.49. The molecule has 106 valence electrons. The van der Waals surface area contributed by atoms with Gasteiger partial charge < -0.3 is 19.0 Å². The average molecular weight is 276 g/mol. The van der Waals surface area contributed by atoms with E-state index in [0.717, 1.165) is 6.42 Å². The van der Waals surface area contributed by atoms with Crippen LogP contribution in [0.15, 0.2) is 17.4 Å². The maximum Gasteiger partial charge on any atom is 0.278 e. The van der Waals surface area contributed by atoms with Crippen LogP contribution in [-0.2, 0) is 9.47 Å². The second-order valence-electron chi connectivity index (χ2n) is 5.89. The Morgan fingerprint density at radius 2 is 2.30 bits per heavy atom. The van der Waals surface area contributed by atoms with Gasteiger partial charge in [0, 0.05) is 12.0 Å². The topological polar surface area (TPSA) is 82.0 Å². The first-order valence-electron chi connectivity index (χ1n) is 6.77. The minimum absolute atomic E-state index is 0.106. The van der Waals surface area contributed by atoms with Gasteiger partial charge in [0.05, 0.1) is 25.4 Å². The molecular weight excluding hydrogens is 260 g/mol. The Morgan fingerprint density at radius 1 is 1.45 bits per heavy atom. The molecular formula is C13H16N4O3. The predicted octanol–water partition coefficient (Wildman–Crippen LogP) is 0.832. The summed E-state index contributed by atoms with van der Waals surface area (Å²) in [6, 6.07) is 0.289.